The van der Waals surface area contributed by atoms with Crippen LogP contribution < -0.4 is 15.1 Å². The minimum Gasteiger partial charge on any atom is -0.482 e. The number of methoxy groups -OCH3 is 1. The van der Waals surface area contributed by atoms with Crippen molar-refractivity contribution >= 4 is 33.7 Å². The molecule has 0 amide bonds. The van der Waals surface area contributed by atoms with Gasteiger partial charge in [0.05, 0.1) is 17.9 Å². The van der Waals surface area contributed by atoms with E-state index < -0.39 is 24.2 Å². The standard InChI is InChI=1S/C18H14O8/c1-23-16(21)9-25-13-6-10(24-8-15(19)20)7-14-17(13)11-4-2-3-5-12(11)18(22)26-14/h2-7H,8-9H2,1H3,(H,19,20). The summed E-state index contributed by atoms with van der Waals surface area (Å²) >= 11 is 0. The Morgan fingerprint density at radius 1 is 1.08 bits per heavy atom. The van der Waals surface area contributed by atoms with Crippen molar-refractivity contribution in [2.75, 3.05) is 20.3 Å². The van der Waals surface area contributed by atoms with E-state index in [1.165, 1.54) is 19.2 Å². The van der Waals surface area contributed by atoms with E-state index in [9.17, 15) is 14.4 Å². The molecule has 0 atom stereocenters. The molecule has 0 aliphatic heterocycles. The Morgan fingerprint density at radius 2 is 1.81 bits per heavy atom. The van der Waals surface area contributed by atoms with Crippen molar-refractivity contribution in [3.63, 3.8) is 0 Å². The number of carboxylic acid groups (broad SMARTS) is 1. The number of rotatable bonds is 6. The van der Waals surface area contributed by atoms with E-state index in [0.29, 0.717) is 16.2 Å². The monoisotopic (exact) mass is 358 g/mol. The number of ether oxygens (including phenoxy) is 3. The summed E-state index contributed by atoms with van der Waals surface area (Å²) in [6, 6.07) is 9.61. The van der Waals surface area contributed by atoms with Crippen molar-refractivity contribution in [1.29, 1.82) is 0 Å². The lowest BCUT2D eigenvalue weighted by Crippen LogP contribution is -2.13. The highest BCUT2D eigenvalue weighted by atomic mass is 16.6. The number of carboxylic acids is 1. The van der Waals surface area contributed by atoms with Crippen LogP contribution in [0, 0.1) is 0 Å². The summed E-state index contributed by atoms with van der Waals surface area (Å²) in [5, 5.41) is 10.1. The van der Waals surface area contributed by atoms with Crippen molar-refractivity contribution in [1.82, 2.24) is 0 Å². The van der Waals surface area contributed by atoms with Crippen LogP contribution in [0.25, 0.3) is 21.7 Å². The second kappa shape index (κ2) is 7.14. The van der Waals surface area contributed by atoms with Crippen LogP contribution >= 0.6 is 0 Å². The second-order valence-corrected chi connectivity index (χ2v) is 5.28. The fraction of sp³-hybridized carbons (Fsp3) is 0.167. The van der Waals surface area contributed by atoms with Gasteiger partial charge in [0.1, 0.15) is 17.1 Å². The Bertz CT molecular complexity index is 1050. The Kier molecular flexibility index (Phi) is 4.74. The van der Waals surface area contributed by atoms with Crippen LogP contribution in [0.5, 0.6) is 11.5 Å². The number of hydrogen-bond donors (Lipinski definition) is 1. The lowest BCUT2D eigenvalue weighted by molar-refractivity contribution is -0.143. The molecule has 3 rings (SSSR count). The molecule has 0 aliphatic rings. The van der Waals surface area contributed by atoms with Gasteiger partial charge >= 0.3 is 17.6 Å². The van der Waals surface area contributed by atoms with Gasteiger partial charge in [-0.2, -0.15) is 0 Å². The minimum absolute atomic E-state index is 0.123. The number of carbonyl (C=O) groups excluding carboxylic acids is 1. The van der Waals surface area contributed by atoms with Gasteiger partial charge in [0.25, 0.3) is 0 Å². The minimum atomic E-state index is -1.16. The molecular formula is C18H14O8. The average molecular weight is 358 g/mol. The van der Waals surface area contributed by atoms with E-state index in [4.69, 9.17) is 19.0 Å². The summed E-state index contributed by atoms with van der Waals surface area (Å²) in [6.07, 6.45) is 0. The zero-order valence-electron chi connectivity index (χ0n) is 13.7. The van der Waals surface area contributed by atoms with Crippen molar-refractivity contribution < 1.29 is 33.3 Å². The number of carbonyl (C=O) groups is 2. The number of aliphatic carboxylic acids is 1. The van der Waals surface area contributed by atoms with Crippen molar-refractivity contribution in [3.8, 4) is 11.5 Å². The summed E-state index contributed by atoms with van der Waals surface area (Å²) in [6.45, 7) is -0.957. The molecule has 0 unspecified atom stereocenters. The third-order valence-electron chi connectivity index (χ3n) is 3.59. The highest BCUT2D eigenvalue weighted by molar-refractivity contribution is 6.08. The molecule has 8 nitrogen and oxygen atoms in total. The van der Waals surface area contributed by atoms with Gasteiger partial charge in [-0.05, 0) is 6.07 Å². The van der Waals surface area contributed by atoms with Crippen LogP contribution in [0.2, 0.25) is 0 Å². The van der Waals surface area contributed by atoms with E-state index >= 15 is 0 Å². The van der Waals surface area contributed by atoms with Crippen LogP contribution in [-0.2, 0) is 14.3 Å². The molecule has 0 fully saturated rings. The van der Waals surface area contributed by atoms with E-state index in [1.54, 1.807) is 24.3 Å². The van der Waals surface area contributed by atoms with Crippen molar-refractivity contribution in [2.45, 2.75) is 0 Å². The molecule has 26 heavy (non-hydrogen) atoms. The topological polar surface area (TPSA) is 112 Å². The lowest BCUT2D eigenvalue weighted by atomic mass is 10.1. The maximum Gasteiger partial charge on any atom is 0.344 e. The fourth-order valence-electron chi connectivity index (χ4n) is 2.48. The Hall–Kier alpha value is -3.55. The molecule has 1 heterocycles. The van der Waals surface area contributed by atoms with Crippen LogP contribution in [0.4, 0.5) is 0 Å². The highest BCUT2D eigenvalue weighted by Crippen LogP contribution is 2.35. The zero-order valence-corrected chi connectivity index (χ0v) is 13.7. The van der Waals surface area contributed by atoms with Gasteiger partial charge in [0.2, 0.25) is 0 Å². The predicted octanol–water partition coefficient (Wildman–Crippen LogP) is 1.96. The van der Waals surface area contributed by atoms with Gasteiger partial charge in [-0.25, -0.2) is 14.4 Å². The van der Waals surface area contributed by atoms with Gasteiger partial charge in [-0.3, -0.25) is 0 Å². The predicted molar refractivity (Wildman–Crippen MR) is 90.6 cm³/mol. The van der Waals surface area contributed by atoms with E-state index in [0.717, 1.165) is 0 Å². The second-order valence-electron chi connectivity index (χ2n) is 5.28. The van der Waals surface area contributed by atoms with E-state index in [1.807, 2.05) is 0 Å². The zero-order chi connectivity index (χ0) is 18.7. The molecule has 0 aliphatic carbocycles. The molecule has 1 N–H and O–H groups in total. The number of fused-ring (bicyclic) bond motifs is 3. The molecule has 8 heteroatoms. The van der Waals surface area contributed by atoms with Crippen molar-refractivity contribution in [3.05, 3.63) is 46.8 Å². The molecular weight excluding hydrogens is 344 g/mol. The third kappa shape index (κ3) is 3.44. The molecule has 134 valence electrons. The molecule has 1 aromatic heterocycles. The summed E-state index contributed by atoms with van der Waals surface area (Å²) < 4.78 is 20.5. The molecule has 0 saturated heterocycles. The van der Waals surface area contributed by atoms with Crippen LogP contribution in [-0.4, -0.2) is 37.4 Å². The fourth-order valence-corrected chi connectivity index (χ4v) is 2.48. The van der Waals surface area contributed by atoms with Crippen molar-refractivity contribution in [2.24, 2.45) is 0 Å². The summed E-state index contributed by atoms with van der Waals surface area (Å²) in [4.78, 5) is 34.3. The van der Waals surface area contributed by atoms with Crippen LogP contribution in [0.15, 0.2) is 45.6 Å². The molecule has 0 spiro atoms. The summed E-state index contributed by atoms with van der Waals surface area (Å²) in [7, 11) is 1.23. The van der Waals surface area contributed by atoms with Crippen LogP contribution in [0.1, 0.15) is 0 Å². The van der Waals surface area contributed by atoms with E-state index in [-0.39, 0.29) is 23.7 Å². The molecule has 2 aromatic carbocycles. The first kappa shape index (κ1) is 17.3. The molecule has 0 radical (unpaired) electrons. The van der Waals surface area contributed by atoms with Gasteiger partial charge in [0, 0.05) is 17.5 Å². The maximum absolute atomic E-state index is 12.2. The third-order valence-corrected chi connectivity index (χ3v) is 3.59. The Balaban J connectivity index is 2.20. The average Bonchev–Trinajstić information content (AvgIpc) is 2.64. The number of esters is 1. The maximum atomic E-state index is 12.2. The smallest absolute Gasteiger partial charge is 0.344 e. The summed E-state index contributed by atoms with van der Waals surface area (Å²) in [5.41, 5.74) is -0.404. The lowest BCUT2D eigenvalue weighted by Gasteiger charge is -2.12. The molecule has 0 saturated carbocycles. The Morgan fingerprint density at radius 3 is 2.50 bits per heavy atom. The molecule has 3 aromatic rings. The quantitative estimate of drug-likeness (QED) is 0.404. The first-order valence-corrected chi connectivity index (χ1v) is 7.53. The van der Waals surface area contributed by atoms with Crippen LogP contribution in [0.3, 0.4) is 0 Å². The van der Waals surface area contributed by atoms with Gasteiger partial charge < -0.3 is 23.7 Å². The number of hydrogen-bond acceptors (Lipinski definition) is 7. The van der Waals surface area contributed by atoms with E-state index in [2.05, 4.69) is 4.74 Å². The highest BCUT2D eigenvalue weighted by Gasteiger charge is 2.16. The Labute approximate surface area is 146 Å². The summed E-state index contributed by atoms with van der Waals surface area (Å²) in [5.74, 6) is -1.44. The SMILES string of the molecule is COC(=O)COc1cc(OCC(=O)O)cc2oc(=O)c3ccccc3c12. The normalized spacial score (nSPS) is 10.7. The largest absolute Gasteiger partial charge is 0.482 e. The van der Waals surface area contributed by atoms with Gasteiger partial charge in [0.15, 0.2) is 13.2 Å². The van der Waals surface area contributed by atoms with Gasteiger partial charge in [-0.1, -0.05) is 18.2 Å². The number of benzene rings is 2. The molecule has 0 bridgehead atoms. The first-order chi connectivity index (χ1) is 12.5. The first-order valence-electron chi connectivity index (χ1n) is 7.53. The van der Waals surface area contributed by atoms with Gasteiger partial charge in [-0.15, -0.1) is 0 Å².